The molecule has 0 spiro atoms. The fraction of sp³-hybridized carbons (Fsp3) is 0.579. The van der Waals surface area contributed by atoms with Crippen molar-refractivity contribution in [3.63, 3.8) is 0 Å². The van der Waals surface area contributed by atoms with Gasteiger partial charge in [-0.2, -0.15) is 0 Å². The molecular formula is C19H30N2O2S. The van der Waals surface area contributed by atoms with Gasteiger partial charge < -0.3 is 10.6 Å². The summed E-state index contributed by atoms with van der Waals surface area (Å²) in [4.78, 5) is 25.2. The second kappa shape index (κ2) is 10.4. The van der Waals surface area contributed by atoms with E-state index in [2.05, 4.69) is 24.5 Å². The van der Waals surface area contributed by atoms with Crippen molar-refractivity contribution >= 4 is 23.6 Å². The van der Waals surface area contributed by atoms with Crippen LogP contribution in [0.2, 0.25) is 0 Å². The number of benzene rings is 1. The summed E-state index contributed by atoms with van der Waals surface area (Å²) in [5.74, 6) is 0.853. The van der Waals surface area contributed by atoms with E-state index in [1.807, 2.05) is 45.0 Å². The van der Waals surface area contributed by atoms with Gasteiger partial charge in [0.1, 0.15) is 0 Å². The molecule has 0 saturated carbocycles. The average molecular weight is 351 g/mol. The standard InChI is InChI=1S/C19H30N2O2S/c1-13(2)10-11-15(5)21-19(23)16-8-6-7-9-17(16)24-12-18(22)20-14(3)4/h6-9,13-15H,10-12H2,1-5H3,(H,20,22)(H,21,23). The number of nitrogens with one attached hydrogen (secondary N) is 2. The molecule has 0 bridgehead atoms. The van der Waals surface area contributed by atoms with Crippen molar-refractivity contribution in [2.45, 2.75) is 64.4 Å². The molecule has 0 aliphatic heterocycles. The van der Waals surface area contributed by atoms with Crippen molar-refractivity contribution in [2.24, 2.45) is 5.92 Å². The summed E-state index contributed by atoms with van der Waals surface area (Å²) in [6.07, 6.45) is 2.06. The van der Waals surface area contributed by atoms with Crippen LogP contribution in [0.5, 0.6) is 0 Å². The molecule has 1 aromatic rings. The fourth-order valence-corrected chi connectivity index (χ4v) is 3.11. The van der Waals surface area contributed by atoms with Crippen LogP contribution >= 0.6 is 11.8 Å². The van der Waals surface area contributed by atoms with Gasteiger partial charge in [0.25, 0.3) is 5.91 Å². The Bertz CT molecular complexity index is 544. The van der Waals surface area contributed by atoms with Crippen LogP contribution in [0.25, 0.3) is 0 Å². The zero-order chi connectivity index (χ0) is 18.1. The molecule has 134 valence electrons. The third-order valence-electron chi connectivity index (χ3n) is 3.49. The molecular weight excluding hydrogens is 320 g/mol. The summed E-state index contributed by atoms with van der Waals surface area (Å²) in [5.41, 5.74) is 0.635. The highest BCUT2D eigenvalue weighted by Gasteiger charge is 2.15. The molecule has 4 nitrogen and oxygen atoms in total. The van der Waals surface area contributed by atoms with E-state index in [0.717, 1.165) is 17.7 Å². The van der Waals surface area contributed by atoms with Gasteiger partial charge in [-0.15, -0.1) is 11.8 Å². The second-order valence-electron chi connectivity index (χ2n) is 6.85. The number of carbonyl (C=O) groups excluding carboxylic acids is 2. The maximum Gasteiger partial charge on any atom is 0.252 e. The van der Waals surface area contributed by atoms with E-state index in [-0.39, 0.29) is 23.9 Å². The third kappa shape index (κ3) is 7.86. The molecule has 1 aromatic carbocycles. The first kappa shape index (κ1) is 20.6. The van der Waals surface area contributed by atoms with Crippen LogP contribution in [-0.4, -0.2) is 29.7 Å². The lowest BCUT2D eigenvalue weighted by Gasteiger charge is -2.16. The van der Waals surface area contributed by atoms with E-state index in [4.69, 9.17) is 0 Å². The van der Waals surface area contributed by atoms with Crippen LogP contribution < -0.4 is 10.6 Å². The molecule has 0 aliphatic carbocycles. The van der Waals surface area contributed by atoms with E-state index in [0.29, 0.717) is 17.2 Å². The van der Waals surface area contributed by atoms with E-state index in [9.17, 15) is 9.59 Å². The summed E-state index contributed by atoms with van der Waals surface area (Å²) in [6.45, 7) is 10.3. The van der Waals surface area contributed by atoms with E-state index < -0.39 is 0 Å². The van der Waals surface area contributed by atoms with Gasteiger partial charge in [0.15, 0.2) is 0 Å². The van der Waals surface area contributed by atoms with Crippen molar-refractivity contribution in [1.29, 1.82) is 0 Å². The van der Waals surface area contributed by atoms with Crippen LogP contribution in [0.1, 0.15) is 57.8 Å². The maximum absolute atomic E-state index is 12.5. The predicted octanol–water partition coefficient (Wildman–Crippen LogP) is 3.86. The molecule has 2 N–H and O–H groups in total. The molecule has 0 aliphatic rings. The maximum atomic E-state index is 12.5. The van der Waals surface area contributed by atoms with Crippen molar-refractivity contribution in [3.8, 4) is 0 Å². The molecule has 24 heavy (non-hydrogen) atoms. The number of hydrogen-bond donors (Lipinski definition) is 2. The van der Waals surface area contributed by atoms with E-state index in [1.54, 1.807) is 0 Å². The smallest absolute Gasteiger partial charge is 0.252 e. The van der Waals surface area contributed by atoms with Gasteiger partial charge in [0.2, 0.25) is 5.91 Å². The van der Waals surface area contributed by atoms with Gasteiger partial charge in [-0.05, 0) is 51.7 Å². The van der Waals surface area contributed by atoms with Gasteiger partial charge in [-0.3, -0.25) is 9.59 Å². The molecule has 1 atom stereocenters. The van der Waals surface area contributed by atoms with E-state index in [1.165, 1.54) is 11.8 Å². The lowest BCUT2D eigenvalue weighted by atomic mass is 10.0. The van der Waals surface area contributed by atoms with E-state index >= 15 is 0 Å². The van der Waals surface area contributed by atoms with Gasteiger partial charge in [0.05, 0.1) is 11.3 Å². The summed E-state index contributed by atoms with van der Waals surface area (Å²) >= 11 is 1.40. The third-order valence-corrected chi connectivity index (χ3v) is 4.57. The Morgan fingerprint density at radius 2 is 1.67 bits per heavy atom. The van der Waals surface area contributed by atoms with Gasteiger partial charge in [0, 0.05) is 17.0 Å². The number of hydrogen-bond acceptors (Lipinski definition) is 3. The quantitative estimate of drug-likeness (QED) is 0.665. The summed E-state index contributed by atoms with van der Waals surface area (Å²) in [6, 6.07) is 7.71. The van der Waals surface area contributed by atoms with Crippen molar-refractivity contribution < 1.29 is 9.59 Å². The lowest BCUT2D eigenvalue weighted by molar-refractivity contribution is -0.119. The van der Waals surface area contributed by atoms with Gasteiger partial charge in [-0.1, -0.05) is 26.0 Å². The average Bonchev–Trinajstić information content (AvgIpc) is 2.50. The molecule has 1 rings (SSSR count). The first-order valence-electron chi connectivity index (χ1n) is 8.61. The molecule has 2 amide bonds. The fourth-order valence-electron chi connectivity index (χ4n) is 2.24. The van der Waals surface area contributed by atoms with Gasteiger partial charge in [-0.25, -0.2) is 0 Å². The van der Waals surface area contributed by atoms with Crippen LogP contribution in [0.4, 0.5) is 0 Å². The minimum absolute atomic E-state index is 0.0180. The Morgan fingerprint density at radius 1 is 1.00 bits per heavy atom. The largest absolute Gasteiger partial charge is 0.353 e. The Morgan fingerprint density at radius 3 is 2.29 bits per heavy atom. The van der Waals surface area contributed by atoms with Crippen LogP contribution in [-0.2, 0) is 4.79 Å². The second-order valence-corrected chi connectivity index (χ2v) is 7.87. The minimum Gasteiger partial charge on any atom is -0.353 e. The zero-order valence-electron chi connectivity index (χ0n) is 15.4. The molecule has 0 saturated heterocycles. The number of carbonyl (C=O) groups is 2. The summed E-state index contributed by atoms with van der Waals surface area (Å²) in [5, 5.41) is 5.92. The highest BCUT2D eigenvalue weighted by Crippen LogP contribution is 2.22. The first-order valence-corrected chi connectivity index (χ1v) is 9.60. The minimum atomic E-state index is -0.0707. The molecule has 5 heteroatoms. The Hall–Kier alpha value is -1.49. The van der Waals surface area contributed by atoms with Crippen molar-refractivity contribution in [1.82, 2.24) is 10.6 Å². The number of rotatable bonds is 9. The molecule has 0 radical (unpaired) electrons. The number of amides is 2. The Balaban J connectivity index is 2.64. The highest BCUT2D eigenvalue weighted by atomic mass is 32.2. The monoisotopic (exact) mass is 350 g/mol. The zero-order valence-corrected chi connectivity index (χ0v) is 16.2. The van der Waals surface area contributed by atoms with Crippen molar-refractivity contribution in [2.75, 3.05) is 5.75 Å². The Labute approximate surface area is 150 Å². The SMILES string of the molecule is CC(C)CCC(C)NC(=O)c1ccccc1SCC(=O)NC(C)C. The van der Waals surface area contributed by atoms with Crippen LogP contribution in [0.3, 0.4) is 0 Å². The number of thioether (sulfide) groups is 1. The highest BCUT2D eigenvalue weighted by molar-refractivity contribution is 8.00. The predicted molar refractivity (Wildman–Crippen MR) is 101 cm³/mol. The lowest BCUT2D eigenvalue weighted by Crippen LogP contribution is -2.33. The first-order chi connectivity index (χ1) is 11.3. The summed E-state index contributed by atoms with van der Waals surface area (Å²) < 4.78 is 0. The van der Waals surface area contributed by atoms with Gasteiger partial charge >= 0.3 is 0 Å². The van der Waals surface area contributed by atoms with Crippen molar-refractivity contribution in [3.05, 3.63) is 29.8 Å². The molecule has 0 aromatic heterocycles. The van der Waals surface area contributed by atoms with Crippen LogP contribution in [0, 0.1) is 5.92 Å². The summed E-state index contributed by atoms with van der Waals surface area (Å²) in [7, 11) is 0. The molecule has 0 heterocycles. The molecule has 0 fully saturated rings. The topological polar surface area (TPSA) is 58.2 Å². The Kier molecular flexibility index (Phi) is 8.90. The van der Waals surface area contributed by atoms with Crippen LogP contribution in [0.15, 0.2) is 29.2 Å². The molecule has 1 unspecified atom stereocenters. The normalized spacial score (nSPS) is 12.3.